The van der Waals surface area contributed by atoms with Crippen LogP contribution in [0.15, 0.2) is 35.0 Å². The second-order valence-electron chi connectivity index (χ2n) is 4.18. The quantitative estimate of drug-likeness (QED) is 0.783. The summed E-state index contributed by atoms with van der Waals surface area (Å²) in [6, 6.07) is 6.63. The number of aromatic hydroxyl groups is 1. The first kappa shape index (κ1) is 12.2. The summed E-state index contributed by atoms with van der Waals surface area (Å²) in [5.41, 5.74) is 1.05. The molecule has 102 valence electrons. The summed E-state index contributed by atoms with van der Waals surface area (Å²) in [5.74, 6) is 1.16. The molecule has 7 nitrogen and oxygen atoms in total. The van der Waals surface area contributed by atoms with Gasteiger partial charge in [0.2, 0.25) is 5.82 Å². The lowest BCUT2D eigenvalue weighted by molar-refractivity contribution is 0.405. The third kappa shape index (κ3) is 2.09. The van der Waals surface area contributed by atoms with E-state index in [1.54, 1.807) is 36.1 Å². The summed E-state index contributed by atoms with van der Waals surface area (Å²) in [5, 5.41) is 18.0. The van der Waals surface area contributed by atoms with Crippen LogP contribution >= 0.6 is 0 Å². The van der Waals surface area contributed by atoms with E-state index in [9.17, 15) is 5.11 Å². The van der Waals surface area contributed by atoms with Crippen LogP contribution in [0.2, 0.25) is 0 Å². The van der Waals surface area contributed by atoms with Crippen LogP contribution in [0.1, 0.15) is 0 Å². The average Bonchev–Trinajstić information content (AvgIpc) is 3.07. The number of aryl methyl sites for hydroxylation is 1. The summed E-state index contributed by atoms with van der Waals surface area (Å²) >= 11 is 0. The Morgan fingerprint density at radius 2 is 2.15 bits per heavy atom. The van der Waals surface area contributed by atoms with Gasteiger partial charge in [0.15, 0.2) is 0 Å². The number of rotatable bonds is 3. The van der Waals surface area contributed by atoms with Gasteiger partial charge in [-0.15, -0.1) is 0 Å². The topological polar surface area (TPSA) is 86.2 Å². The van der Waals surface area contributed by atoms with E-state index >= 15 is 0 Å². The lowest BCUT2D eigenvalue weighted by atomic mass is 10.2. The minimum absolute atomic E-state index is 0.0144. The van der Waals surface area contributed by atoms with E-state index in [4.69, 9.17) is 9.26 Å². The second-order valence-corrected chi connectivity index (χ2v) is 4.18. The van der Waals surface area contributed by atoms with Gasteiger partial charge in [-0.2, -0.15) is 10.1 Å². The number of phenols is 1. The van der Waals surface area contributed by atoms with E-state index in [1.807, 2.05) is 0 Å². The molecule has 0 fully saturated rings. The molecule has 0 aliphatic heterocycles. The van der Waals surface area contributed by atoms with Crippen molar-refractivity contribution in [3.05, 3.63) is 30.5 Å². The molecule has 0 amide bonds. The smallest absolute Gasteiger partial charge is 0.262 e. The number of methoxy groups -OCH3 is 1. The predicted octanol–water partition coefficient (Wildman–Crippen LogP) is 1.85. The van der Waals surface area contributed by atoms with Crippen LogP contribution in [0.4, 0.5) is 0 Å². The molecular formula is C13H12N4O3. The Labute approximate surface area is 114 Å². The molecule has 0 bridgehead atoms. The van der Waals surface area contributed by atoms with E-state index in [-0.39, 0.29) is 11.6 Å². The van der Waals surface area contributed by atoms with Crippen LogP contribution in [0.5, 0.6) is 11.5 Å². The largest absolute Gasteiger partial charge is 0.507 e. The van der Waals surface area contributed by atoms with Crippen molar-refractivity contribution in [1.82, 2.24) is 19.9 Å². The molecule has 3 rings (SSSR count). The molecule has 3 aromatic rings. The molecule has 2 heterocycles. The molecule has 0 spiro atoms. The Balaban J connectivity index is 1.98. The SMILES string of the molecule is COc1ccc(-c2nc(-c3ccn(C)n3)no2)c(O)c1. The highest BCUT2D eigenvalue weighted by molar-refractivity contribution is 5.65. The summed E-state index contributed by atoms with van der Waals surface area (Å²) in [6.07, 6.45) is 1.79. The lowest BCUT2D eigenvalue weighted by Gasteiger charge is -2.02. The second kappa shape index (κ2) is 4.69. The van der Waals surface area contributed by atoms with E-state index in [0.29, 0.717) is 22.8 Å². The van der Waals surface area contributed by atoms with Crippen LogP contribution in [0.25, 0.3) is 23.0 Å². The number of nitrogens with zero attached hydrogens (tertiary/aromatic N) is 4. The van der Waals surface area contributed by atoms with Crippen LogP contribution in [0.3, 0.4) is 0 Å². The maximum Gasteiger partial charge on any atom is 0.262 e. The van der Waals surface area contributed by atoms with Crippen molar-refractivity contribution in [2.75, 3.05) is 7.11 Å². The maximum absolute atomic E-state index is 9.93. The van der Waals surface area contributed by atoms with E-state index in [2.05, 4.69) is 15.2 Å². The molecule has 0 atom stereocenters. The van der Waals surface area contributed by atoms with Gasteiger partial charge in [0.1, 0.15) is 17.2 Å². The van der Waals surface area contributed by atoms with Gasteiger partial charge in [0.05, 0.1) is 12.7 Å². The number of aromatic nitrogens is 4. The predicted molar refractivity (Wildman–Crippen MR) is 70.2 cm³/mol. The van der Waals surface area contributed by atoms with Crippen molar-refractivity contribution in [3.63, 3.8) is 0 Å². The molecule has 0 unspecified atom stereocenters. The van der Waals surface area contributed by atoms with Crippen LogP contribution in [-0.4, -0.2) is 32.1 Å². The van der Waals surface area contributed by atoms with Crippen molar-refractivity contribution in [1.29, 1.82) is 0 Å². The zero-order valence-electron chi connectivity index (χ0n) is 10.9. The number of ether oxygens (including phenoxy) is 1. The monoisotopic (exact) mass is 272 g/mol. The van der Waals surface area contributed by atoms with Crippen LogP contribution in [-0.2, 0) is 7.05 Å². The minimum atomic E-state index is 0.0144. The molecule has 2 aromatic heterocycles. The van der Waals surface area contributed by atoms with Gasteiger partial charge in [-0.1, -0.05) is 5.16 Å². The Bertz CT molecular complexity index is 748. The molecular weight excluding hydrogens is 260 g/mol. The lowest BCUT2D eigenvalue weighted by Crippen LogP contribution is -1.89. The molecule has 0 saturated carbocycles. The fourth-order valence-electron chi connectivity index (χ4n) is 1.79. The Kier molecular flexibility index (Phi) is 2.86. The Morgan fingerprint density at radius 3 is 2.80 bits per heavy atom. The van der Waals surface area contributed by atoms with Gasteiger partial charge in [-0.25, -0.2) is 0 Å². The fourth-order valence-corrected chi connectivity index (χ4v) is 1.79. The zero-order chi connectivity index (χ0) is 14.1. The van der Waals surface area contributed by atoms with E-state index in [1.165, 1.54) is 13.2 Å². The van der Waals surface area contributed by atoms with Gasteiger partial charge < -0.3 is 14.4 Å². The molecule has 0 aliphatic rings. The van der Waals surface area contributed by atoms with Gasteiger partial charge in [-0.05, 0) is 18.2 Å². The van der Waals surface area contributed by atoms with E-state index in [0.717, 1.165) is 0 Å². The van der Waals surface area contributed by atoms with Crippen molar-refractivity contribution < 1.29 is 14.4 Å². The molecule has 7 heteroatoms. The van der Waals surface area contributed by atoms with Gasteiger partial charge in [0, 0.05) is 19.3 Å². The molecule has 0 radical (unpaired) electrons. The third-order valence-corrected chi connectivity index (χ3v) is 2.80. The fraction of sp³-hybridized carbons (Fsp3) is 0.154. The number of hydrogen-bond acceptors (Lipinski definition) is 6. The Hall–Kier alpha value is -2.83. The van der Waals surface area contributed by atoms with Crippen LogP contribution < -0.4 is 4.74 Å². The minimum Gasteiger partial charge on any atom is -0.507 e. The summed E-state index contributed by atoms with van der Waals surface area (Å²) in [6.45, 7) is 0. The molecule has 1 aromatic carbocycles. The van der Waals surface area contributed by atoms with Gasteiger partial charge >= 0.3 is 0 Å². The summed E-state index contributed by atoms with van der Waals surface area (Å²) < 4.78 is 11.8. The first-order valence-electron chi connectivity index (χ1n) is 5.88. The summed E-state index contributed by atoms with van der Waals surface area (Å²) in [4.78, 5) is 4.23. The van der Waals surface area contributed by atoms with E-state index < -0.39 is 0 Å². The molecule has 1 N–H and O–H groups in total. The highest BCUT2D eigenvalue weighted by atomic mass is 16.5. The summed E-state index contributed by atoms with van der Waals surface area (Å²) in [7, 11) is 3.33. The average molecular weight is 272 g/mol. The van der Waals surface area contributed by atoms with Gasteiger partial charge in [0.25, 0.3) is 5.89 Å². The maximum atomic E-state index is 9.93. The molecule has 20 heavy (non-hydrogen) atoms. The van der Waals surface area contributed by atoms with Crippen molar-refractivity contribution in [3.8, 4) is 34.5 Å². The first-order chi connectivity index (χ1) is 9.67. The van der Waals surface area contributed by atoms with Crippen molar-refractivity contribution >= 4 is 0 Å². The normalized spacial score (nSPS) is 10.7. The number of hydrogen-bond donors (Lipinski definition) is 1. The number of benzene rings is 1. The van der Waals surface area contributed by atoms with Crippen molar-refractivity contribution in [2.24, 2.45) is 7.05 Å². The highest BCUT2D eigenvalue weighted by Crippen LogP contribution is 2.32. The molecule has 0 aliphatic carbocycles. The highest BCUT2D eigenvalue weighted by Gasteiger charge is 2.15. The first-order valence-corrected chi connectivity index (χ1v) is 5.88. The standard InChI is InChI=1S/C13H12N4O3/c1-17-6-5-10(15-17)12-14-13(20-16-12)9-4-3-8(19-2)7-11(9)18/h3-7,18H,1-2H3. The molecule has 0 saturated heterocycles. The van der Waals surface area contributed by atoms with Crippen LogP contribution in [0, 0.1) is 0 Å². The number of phenolic OH excluding ortho intramolecular Hbond substituents is 1. The third-order valence-electron chi connectivity index (χ3n) is 2.80. The Morgan fingerprint density at radius 1 is 1.30 bits per heavy atom. The van der Waals surface area contributed by atoms with Crippen molar-refractivity contribution in [2.45, 2.75) is 0 Å². The zero-order valence-corrected chi connectivity index (χ0v) is 10.9. The van der Waals surface area contributed by atoms with Gasteiger partial charge in [-0.3, -0.25) is 4.68 Å².